The third-order valence-corrected chi connectivity index (χ3v) is 5.53. The highest BCUT2D eigenvalue weighted by Crippen LogP contribution is 2.33. The van der Waals surface area contributed by atoms with E-state index in [-0.39, 0.29) is 11.8 Å². The van der Waals surface area contributed by atoms with Crippen LogP contribution in [-0.2, 0) is 6.18 Å². The van der Waals surface area contributed by atoms with Gasteiger partial charge in [0.25, 0.3) is 5.91 Å². The summed E-state index contributed by atoms with van der Waals surface area (Å²) >= 11 is 0. The molecule has 0 bridgehead atoms. The number of hydrogen-bond donors (Lipinski definition) is 0. The van der Waals surface area contributed by atoms with Crippen molar-refractivity contribution in [3.8, 4) is 5.75 Å². The van der Waals surface area contributed by atoms with Crippen LogP contribution in [0.1, 0.15) is 46.8 Å². The van der Waals surface area contributed by atoms with Crippen LogP contribution in [0.15, 0.2) is 36.4 Å². The van der Waals surface area contributed by atoms with Crippen LogP contribution in [-0.4, -0.2) is 44.1 Å². The van der Waals surface area contributed by atoms with Crippen molar-refractivity contribution in [2.75, 3.05) is 38.2 Å². The van der Waals surface area contributed by atoms with Gasteiger partial charge in [0.15, 0.2) is 0 Å². The minimum absolute atomic E-state index is 0.0549. The number of nitrogens with zero attached hydrogens (tertiary/aromatic N) is 2. The van der Waals surface area contributed by atoms with Crippen molar-refractivity contribution in [1.29, 1.82) is 0 Å². The molecule has 30 heavy (non-hydrogen) atoms. The summed E-state index contributed by atoms with van der Waals surface area (Å²) in [5, 5.41) is 0. The predicted molar refractivity (Wildman–Crippen MR) is 111 cm³/mol. The lowest BCUT2D eigenvalue weighted by Gasteiger charge is -2.36. The van der Waals surface area contributed by atoms with E-state index in [0.717, 1.165) is 22.9 Å². The Bertz CT molecular complexity index is 917. The molecule has 0 saturated carbocycles. The van der Waals surface area contributed by atoms with E-state index in [1.807, 2.05) is 24.0 Å². The zero-order valence-corrected chi connectivity index (χ0v) is 17.7. The average molecular weight is 420 g/mol. The number of hydrogen-bond acceptors (Lipinski definition) is 3. The molecule has 4 nitrogen and oxygen atoms in total. The summed E-state index contributed by atoms with van der Waals surface area (Å²) in [7, 11) is 1.62. The van der Waals surface area contributed by atoms with Gasteiger partial charge in [0.1, 0.15) is 5.75 Å². The molecule has 0 aliphatic carbocycles. The maximum atomic E-state index is 13.1. The van der Waals surface area contributed by atoms with Gasteiger partial charge in [0, 0.05) is 37.4 Å². The Hall–Kier alpha value is -2.70. The van der Waals surface area contributed by atoms with E-state index in [1.165, 1.54) is 12.1 Å². The molecule has 0 spiro atoms. The summed E-state index contributed by atoms with van der Waals surface area (Å²) in [6.45, 7) is 7.87. The lowest BCUT2D eigenvalue weighted by Crippen LogP contribution is -2.49. The molecule has 1 heterocycles. The number of aryl methyl sites for hydroxylation is 1. The normalized spacial score (nSPS) is 14.9. The number of carbonyl (C=O) groups excluding carboxylic acids is 1. The zero-order chi connectivity index (χ0) is 22.1. The predicted octanol–water partition coefficient (Wildman–Crippen LogP) is 5.11. The molecule has 0 N–H and O–H groups in total. The molecule has 2 aromatic carbocycles. The standard InChI is InChI=1S/C23H27F3N2O2/c1-15(2)19-14-20(16(3)12-21(19)30-4)22(29)28-10-8-27(9-11-28)18-7-5-6-17(13-18)23(24,25)26/h5-7,12-15H,8-11H2,1-4H3. The minimum Gasteiger partial charge on any atom is -0.496 e. The SMILES string of the molecule is COc1cc(C)c(C(=O)N2CCN(c3cccc(C(F)(F)F)c3)CC2)cc1C(C)C. The number of carbonyl (C=O) groups is 1. The molecule has 0 atom stereocenters. The molecule has 1 saturated heterocycles. The van der Waals surface area contributed by atoms with Crippen LogP contribution in [0, 0.1) is 6.92 Å². The Morgan fingerprint density at radius 2 is 1.73 bits per heavy atom. The quantitative estimate of drug-likeness (QED) is 0.689. The molecule has 162 valence electrons. The fraction of sp³-hybridized carbons (Fsp3) is 0.435. The van der Waals surface area contributed by atoms with Crippen LogP contribution in [0.5, 0.6) is 5.75 Å². The second-order valence-electron chi connectivity index (χ2n) is 7.89. The first kappa shape index (κ1) is 22.0. The van der Waals surface area contributed by atoms with Crippen molar-refractivity contribution in [3.63, 3.8) is 0 Å². The number of rotatable bonds is 4. The lowest BCUT2D eigenvalue weighted by atomic mass is 9.95. The minimum atomic E-state index is -4.37. The van der Waals surface area contributed by atoms with Crippen LogP contribution in [0.3, 0.4) is 0 Å². The number of ether oxygens (including phenoxy) is 1. The molecule has 2 aromatic rings. The van der Waals surface area contributed by atoms with Crippen LogP contribution < -0.4 is 9.64 Å². The molecule has 1 aliphatic rings. The highest BCUT2D eigenvalue weighted by molar-refractivity contribution is 5.96. The summed E-state index contributed by atoms with van der Waals surface area (Å²) in [4.78, 5) is 16.8. The molecule has 7 heteroatoms. The molecule has 0 aromatic heterocycles. The Morgan fingerprint density at radius 1 is 1.07 bits per heavy atom. The van der Waals surface area contributed by atoms with Gasteiger partial charge in [-0.05, 0) is 54.3 Å². The third kappa shape index (κ3) is 4.55. The third-order valence-electron chi connectivity index (χ3n) is 5.53. The van der Waals surface area contributed by atoms with Gasteiger partial charge in [-0.1, -0.05) is 19.9 Å². The lowest BCUT2D eigenvalue weighted by molar-refractivity contribution is -0.137. The largest absolute Gasteiger partial charge is 0.496 e. The fourth-order valence-corrected chi connectivity index (χ4v) is 3.77. The molecular weight excluding hydrogens is 393 g/mol. The van der Waals surface area contributed by atoms with E-state index >= 15 is 0 Å². The number of amides is 1. The number of piperazine rings is 1. The van der Waals surface area contributed by atoms with Crippen molar-refractivity contribution in [2.24, 2.45) is 0 Å². The summed E-state index contributed by atoms with van der Waals surface area (Å²) in [5.74, 6) is 0.930. The van der Waals surface area contributed by atoms with E-state index in [9.17, 15) is 18.0 Å². The highest BCUT2D eigenvalue weighted by atomic mass is 19.4. The maximum absolute atomic E-state index is 13.1. The smallest absolute Gasteiger partial charge is 0.416 e. The van der Waals surface area contributed by atoms with Crippen LogP contribution in [0.2, 0.25) is 0 Å². The van der Waals surface area contributed by atoms with E-state index < -0.39 is 11.7 Å². The van der Waals surface area contributed by atoms with E-state index in [4.69, 9.17) is 4.74 Å². The Balaban J connectivity index is 1.74. The molecule has 1 fully saturated rings. The van der Waals surface area contributed by atoms with Crippen molar-refractivity contribution >= 4 is 11.6 Å². The first-order chi connectivity index (χ1) is 14.1. The van der Waals surface area contributed by atoms with Crippen LogP contribution >= 0.6 is 0 Å². The molecule has 1 aliphatic heterocycles. The number of benzene rings is 2. The van der Waals surface area contributed by atoms with E-state index in [0.29, 0.717) is 37.4 Å². The Morgan fingerprint density at radius 3 is 2.30 bits per heavy atom. The van der Waals surface area contributed by atoms with Gasteiger partial charge in [-0.15, -0.1) is 0 Å². The Kier molecular flexibility index (Phi) is 6.29. The molecule has 1 amide bonds. The average Bonchev–Trinajstić information content (AvgIpc) is 2.72. The van der Waals surface area contributed by atoms with Gasteiger partial charge in [0.2, 0.25) is 0 Å². The number of anilines is 1. The maximum Gasteiger partial charge on any atom is 0.416 e. The number of alkyl halides is 3. The summed E-state index contributed by atoms with van der Waals surface area (Å²) in [6, 6.07) is 9.13. The summed E-state index contributed by atoms with van der Waals surface area (Å²) in [6.07, 6.45) is -4.37. The monoisotopic (exact) mass is 420 g/mol. The summed E-state index contributed by atoms with van der Waals surface area (Å²) < 4.78 is 44.4. The fourth-order valence-electron chi connectivity index (χ4n) is 3.77. The van der Waals surface area contributed by atoms with Gasteiger partial charge in [0.05, 0.1) is 12.7 Å². The first-order valence-corrected chi connectivity index (χ1v) is 10.0. The summed E-state index contributed by atoms with van der Waals surface area (Å²) in [5.41, 5.74) is 2.34. The van der Waals surface area contributed by atoms with Crippen molar-refractivity contribution in [2.45, 2.75) is 32.9 Å². The zero-order valence-electron chi connectivity index (χ0n) is 17.7. The topological polar surface area (TPSA) is 32.8 Å². The van der Waals surface area contributed by atoms with Crippen molar-refractivity contribution < 1.29 is 22.7 Å². The molecular formula is C23H27F3N2O2. The van der Waals surface area contributed by atoms with Gasteiger partial charge in [-0.2, -0.15) is 13.2 Å². The van der Waals surface area contributed by atoms with E-state index in [1.54, 1.807) is 18.1 Å². The van der Waals surface area contributed by atoms with Gasteiger partial charge < -0.3 is 14.5 Å². The van der Waals surface area contributed by atoms with E-state index in [2.05, 4.69) is 13.8 Å². The van der Waals surface area contributed by atoms with Crippen LogP contribution in [0.25, 0.3) is 0 Å². The number of halogens is 3. The van der Waals surface area contributed by atoms with Gasteiger partial charge >= 0.3 is 6.18 Å². The van der Waals surface area contributed by atoms with Crippen molar-refractivity contribution in [3.05, 3.63) is 58.7 Å². The Labute approximate surface area is 175 Å². The first-order valence-electron chi connectivity index (χ1n) is 10.0. The van der Waals surface area contributed by atoms with Gasteiger partial charge in [-0.25, -0.2) is 0 Å². The second-order valence-corrected chi connectivity index (χ2v) is 7.89. The van der Waals surface area contributed by atoms with Crippen LogP contribution in [0.4, 0.5) is 18.9 Å². The highest BCUT2D eigenvalue weighted by Gasteiger charge is 2.31. The van der Waals surface area contributed by atoms with Gasteiger partial charge in [-0.3, -0.25) is 4.79 Å². The molecule has 0 radical (unpaired) electrons. The second kappa shape index (κ2) is 8.58. The molecule has 0 unspecified atom stereocenters. The number of methoxy groups -OCH3 is 1. The molecule has 3 rings (SSSR count). The van der Waals surface area contributed by atoms with Crippen molar-refractivity contribution in [1.82, 2.24) is 4.90 Å².